The number of hydrogen-bond donors (Lipinski definition) is 1. The fraction of sp³-hybridized carbons (Fsp3) is 0.778. The van der Waals surface area contributed by atoms with E-state index >= 15 is 0 Å². The number of hydrogen-bond acceptors (Lipinski definition) is 4. The summed E-state index contributed by atoms with van der Waals surface area (Å²) in [5, 5.41) is 3.50. The van der Waals surface area contributed by atoms with Gasteiger partial charge < -0.3 is 19.9 Å². The Morgan fingerprint density at radius 1 is 1.32 bits per heavy atom. The smallest absolute Gasteiger partial charge is 0.243 e. The second-order valence-corrected chi connectivity index (χ2v) is 7.35. The molecule has 1 amide bonds. The Bertz CT molecular complexity index is 506. The van der Waals surface area contributed by atoms with Crippen LogP contribution in [-0.4, -0.2) is 99.2 Å². The van der Waals surface area contributed by atoms with Crippen molar-refractivity contribution in [1.29, 1.82) is 0 Å². The molecule has 0 aliphatic carbocycles. The van der Waals surface area contributed by atoms with Crippen molar-refractivity contribution in [3.05, 3.63) is 12.2 Å². The minimum atomic E-state index is 0.0305. The fourth-order valence-corrected chi connectivity index (χ4v) is 3.56. The summed E-state index contributed by atoms with van der Waals surface area (Å²) < 4.78 is 5.46. The number of carbonyl (C=O) groups is 1. The van der Waals surface area contributed by atoms with E-state index < -0.39 is 0 Å². The molecule has 0 aromatic heterocycles. The average Bonchev–Trinajstić information content (AvgIpc) is 3.35. The molecule has 0 saturated carbocycles. The third-order valence-electron chi connectivity index (χ3n) is 5.26. The van der Waals surface area contributed by atoms with Gasteiger partial charge in [-0.05, 0) is 12.8 Å². The van der Waals surface area contributed by atoms with E-state index in [0.717, 1.165) is 64.7 Å². The normalized spacial score (nSPS) is 27.3. The van der Waals surface area contributed by atoms with Crippen LogP contribution in [0.3, 0.4) is 0 Å². The lowest BCUT2D eigenvalue weighted by atomic mass is 10.1. The monoisotopic (exact) mass is 349 g/mol. The van der Waals surface area contributed by atoms with Crippen LogP contribution in [0.1, 0.15) is 12.8 Å². The van der Waals surface area contributed by atoms with Crippen LogP contribution in [-0.2, 0) is 9.53 Å². The van der Waals surface area contributed by atoms with Crippen molar-refractivity contribution >= 4 is 11.9 Å². The summed E-state index contributed by atoms with van der Waals surface area (Å²) in [5.41, 5.74) is 0. The van der Waals surface area contributed by atoms with Crippen molar-refractivity contribution in [1.82, 2.24) is 20.0 Å². The van der Waals surface area contributed by atoms with Crippen LogP contribution >= 0.6 is 0 Å². The van der Waals surface area contributed by atoms with Gasteiger partial charge in [0.2, 0.25) is 5.91 Å². The first-order valence-electron chi connectivity index (χ1n) is 9.33. The summed E-state index contributed by atoms with van der Waals surface area (Å²) in [4.78, 5) is 23.0. The van der Waals surface area contributed by atoms with E-state index in [1.807, 2.05) is 0 Å². The Hall–Kier alpha value is -1.60. The quantitative estimate of drug-likeness (QED) is 0.430. The maximum absolute atomic E-state index is 11.9. The Morgan fingerprint density at radius 2 is 2.12 bits per heavy atom. The van der Waals surface area contributed by atoms with Crippen LogP contribution in [0, 0.1) is 5.92 Å². The van der Waals surface area contributed by atoms with E-state index in [1.54, 1.807) is 19.0 Å². The molecule has 0 bridgehead atoms. The number of likely N-dealkylation sites (tertiary alicyclic amines) is 1. The summed E-state index contributed by atoms with van der Waals surface area (Å²) in [5.74, 6) is 1.44. The number of nitrogens with one attached hydrogen (secondary N) is 1. The van der Waals surface area contributed by atoms with Crippen LogP contribution < -0.4 is 5.32 Å². The Labute approximate surface area is 150 Å². The van der Waals surface area contributed by atoms with Gasteiger partial charge >= 0.3 is 0 Å². The van der Waals surface area contributed by atoms with Gasteiger partial charge in [0, 0.05) is 65.4 Å². The standard InChI is InChI=1S/C18H31N5O2/c1-21(2)17(24)12-20-18(19-11-15-6-10-25-14-15)23-9-5-16(13-23)22-7-3-4-8-22/h3-4,15-16H,5-14H2,1-2H3,(H,19,20). The lowest BCUT2D eigenvalue weighted by Crippen LogP contribution is -2.44. The minimum Gasteiger partial charge on any atom is -0.381 e. The molecule has 2 atom stereocenters. The molecule has 2 saturated heterocycles. The van der Waals surface area contributed by atoms with Gasteiger partial charge in [-0.15, -0.1) is 0 Å². The molecule has 1 N–H and O–H groups in total. The first kappa shape index (κ1) is 18.2. The van der Waals surface area contributed by atoms with Gasteiger partial charge in [0.15, 0.2) is 5.96 Å². The van der Waals surface area contributed by atoms with Crippen molar-refractivity contribution in [2.24, 2.45) is 10.9 Å². The summed E-state index contributed by atoms with van der Waals surface area (Å²) in [6.07, 6.45) is 6.73. The zero-order chi connectivity index (χ0) is 17.6. The molecule has 7 heteroatoms. The maximum Gasteiger partial charge on any atom is 0.243 e. The largest absolute Gasteiger partial charge is 0.381 e. The molecule has 7 nitrogen and oxygen atoms in total. The predicted molar refractivity (Wildman–Crippen MR) is 98.6 cm³/mol. The Kier molecular flexibility index (Phi) is 6.31. The van der Waals surface area contributed by atoms with E-state index in [2.05, 4.69) is 32.3 Å². The second-order valence-electron chi connectivity index (χ2n) is 7.35. The van der Waals surface area contributed by atoms with E-state index in [-0.39, 0.29) is 12.5 Å². The van der Waals surface area contributed by atoms with Crippen molar-refractivity contribution in [3.63, 3.8) is 0 Å². The second kappa shape index (κ2) is 8.67. The van der Waals surface area contributed by atoms with Crippen LogP contribution in [0.2, 0.25) is 0 Å². The van der Waals surface area contributed by atoms with Gasteiger partial charge in [-0.2, -0.15) is 0 Å². The van der Waals surface area contributed by atoms with Crippen LogP contribution in [0.4, 0.5) is 0 Å². The molecule has 0 aromatic rings. The summed E-state index contributed by atoms with van der Waals surface area (Å²) >= 11 is 0. The summed E-state index contributed by atoms with van der Waals surface area (Å²) in [6, 6.07) is 0.571. The molecule has 140 valence electrons. The highest BCUT2D eigenvalue weighted by Crippen LogP contribution is 2.18. The lowest BCUT2D eigenvalue weighted by molar-refractivity contribution is -0.127. The number of ether oxygens (including phenoxy) is 1. The minimum absolute atomic E-state index is 0.0305. The Morgan fingerprint density at radius 3 is 2.80 bits per heavy atom. The number of carbonyl (C=O) groups excluding carboxylic acids is 1. The molecule has 0 radical (unpaired) electrons. The zero-order valence-corrected chi connectivity index (χ0v) is 15.5. The molecule has 3 rings (SSSR count). The highest BCUT2D eigenvalue weighted by molar-refractivity contribution is 5.85. The number of aliphatic imine (C=N–C) groups is 1. The third kappa shape index (κ3) is 4.95. The van der Waals surface area contributed by atoms with Crippen LogP contribution in [0.25, 0.3) is 0 Å². The number of nitrogens with zero attached hydrogens (tertiary/aromatic N) is 4. The molecular weight excluding hydrogens is 318 g/mol. The topological polar surface area (TPSA) is 60.4 Å². The number of rotatable bonds is 5. The van der Waals surface area contributed by atoms with Gasteiger partial charge in [-0.3, -0.25) is 9.69 Å². The molecule has 2 unspecified atom stereocenters. The van der Waals surface area contributed by atoms with Crippen LogP contribution in [0.15, 0.2) is 17.1 Å². The molecule has 0 spiro atoms. The first-order chi connectivity index (χ1) is 12.1. The number of amides is 1. The van der Waals surface area contributed by atoms with Crippen molar-refractivity contribution < 1.29 is 9.53 Å². The molecule has 0 aromatic carbocycles. The summed E-state index contributed by atoms with van der Waals surface area (Å²) in [7, 11) is 3.54. The van der Waals surface area contributed by atoms with Gasteiger partial charge in [0.25, 0.3) is 0 Å². The average molecular weight is 349 g/mol. The van der Waals surface area contributed by atoms with E-state index in [4.69, 9.17) is 4.74 Å². The highest BCUT2D eigenvalue weighted by atomic mass is 16.5. The molecule has 25 heavy (non-hydrogen) atoms. The van der Waals surface area contributed by atoms with E-state index in [1.165, 1.54) is 0 Å². The van der Waals surface area contributed by atoms with Gasteiger partial charge in [0.05, 0.1) is 6.61 Å². The van der Waals surface area contributed by atoms with Gasteiger partial charge in [0.1, 0.15) is 6.54 Å². The van der Waals surface area contributed by atoms with Crippen molar-refractivity contribution in [2.45, 2.75) is 18.9 Å². The van der Waals surface area contributed by atoms with Crippen LogP contribution in [0.5, 0.6) is 0 Å². The van der Waals surface area contributed by atoms with Gasteiger partial charge in [-0.1, -0.05) is 12.2 Å². The van der Waals surface area contributed by atoms with E-state index in [0.29, 0.717) is 12.0 Å². The highest BCUT2D eigenvalue weighted by Gasteiger charge is 2.30. The first-order valence-corrected chi connectivity index (χ1v) is 9.33. The zero-order valence-electron chi connectivity index (χ0n) is 15.5. The maximum atomic E-state index is 11.9. The number of guanidine groups is 1. The third-order valence-corrected chi connectivity index (χ3v) is 5.26. The molecular formula is C18H31N5O2. The van der Waals surface area contributed by atoms with Gasteiger partial charge in [-0.25, -0.2) is 4.99 Å². The predicted octanol–water partition coefficient (Wildman–Crippen LogP) is 0.00280. The number of likely N-dealkylation sites (N-methyl/N-ethyl adjacent to an activating group) is 1. The lowest BCUT2D eigenvalue weighted by Gasteiger charge is -2.26. The molecule has 3 aliphatic rings. The Balaban J connectivity index is 1.58. The SMILES string of the molecule is CN(C)C(=O)CN=C(NCC1CCOC1)N1CCC(N2CC=CC2)C1. The molecule has 3 heterocycles. The summed E-state index contributed by atoms with van der Waals surface area (Å²) in [6.45, 7) is 6.80. The molecule has 2 fully saturated rings. The van der Waals surface area contributed by atoms with Crippen molar-refractivity contribution in [2.75, 3.05) is 66.6 Å². The van der Waals surface area contributed by atoms with Crippen molar-refractivity contribution in [3.8, 4) is 0 Å². The fourth-order valence-electron chi connectivity index (χ4n) is 3.56. The molecule has 3 aliphatic heterocycles. The van der Waals surface area contributed by atoms with E-state index in [9.17, 15) is 4.79 Å².